The standard InChI is InChI=1S/C15H14ClFO2/c1-9-3-6-14(19-2)11(7-9)15(18)10-4-5-13(17)12(16)8-10/h3-8,15,18H,1-2H3. The number of aliphatic hydroxyl groups excluding tert-OH is 1. The van der Waals surface area contributed by atoms with Gasteiger partial charge in [-0.05, 0) is 36.8 Å². The molecule has 0 amide bonds. The van der Waals surface area contributed by atoms with E-state index >= 15 is 0 Å². The number of methoxy groups -OCH3 is 1. The number of rotatable bonds is 3. The fraction of sp³-hybridized carbons (Fsp3) is 0.200. The largest absolute Gasteiger partial charge is 0.496 e. The average molecular weight is 281 g/mol. The Morgan fingerprint density at radius 3 is 2.58 bits per heavy atom. The van der Waals surface area contributed by atoms with Gasteiger partial charge in [0.15, 0.2) is 0 Å². The van der Waals surface area contributed by atoms with E-state index in [0.29, 0.717) is 16.9 Å². The number of halogens is 2. The maximum absolute atomic E-state index is 13.1. The Kier molecular flexibility index (Phi) is 4.08. The minimum absolute atomic E-state index is 0.0110. The Morgan fingerprint density at radius 1 is 1.21 bits per heavy atom. The predicted molar refractivity (Wildman–Crippen MR) is 73.2 cm³/mol. The van der Waals surface area contributed by atoms with Crippen molar-refractivity contribution in [2.24, 2.45) is 0 Å². The molecule has 4 heteroatoms. The molecule has 0 aliphatic rings. The summed E-state index contributed by atoms with van der Waals surface area (Å²) in [4.78, 5) is 0. The van der Waals surface area contributed by atoms with Crippen molar-refractivity contribution in [2.45, 2.75) is 13.0 Å². The molecule has 19 heavy (non-hydrogen) atoms. The van der Waals surface area contributed by atoms with Gasteiger partial charge in [0.1, 0.15) is 17.7 Å². The molecule has 1 unspecified atom stereocenters. The van der Waals surface area contributed by atoms with E-state index in [1.54, 1.807) is 13.2 Å². The molecule has 0 spiro atoms. The van der Waals surface area contributed by atoms with Crippen LogP contribution in [0.25, 0.3) is 0 Å². The summed E-state index contributed by atoms with van der Waals surface area (Å²) < 4.78 is 18.4. The molecule has 0 bridgehead atoms. The zero-order valence-corrected chi connectivity index (χ0v) is 11.4. The maximum Gasteiger partial charge on any atom is 0.141 e. The van der Waals surface area contributed by atoms with Crippen LogP contribution in [0.4, 0.5) is 4.39 Å². The zero-order chi connectivity index (χ0) is 14.0. The van der Waals surface area contributed by atoms with E-state index in [-0.39, 0.29) is 5.02 Å². The summed E-state index contributed by atoms with van der Waals surface area (Å²) in [5.74, 6) is 0.0763. The van der Waals surface area contributed by atoms with Crippen LogP contribution in [0.5, 0.6) is 5.75 Å². The molecule has 0 aromatic heterocycles. The van der Waals surface area contributed by atoms with Gasteiger partial charge in [-0.15, -0.1) is 0 Å². The van der Waals surface area contributed by atoms with Crippen LogP contribution in [0.2, 0.25) is 5.02 Å². The second-order valence-corrected chi connectivity index (χ2v) is 4.73. The summed E-state index contributed by atoms with van der Waals surface area (Å²) in [6, 6.07) is 9.69. The summed E-state index contributed by atoms with van der Waals surface area (Å²) >= 11 is 5.73. The molecular formula is C15H14ClFO2. The van der Waals surface area contributed by atoms with E-state index in [4.69, 9.17) is 16.3 Å². The van der Waals surface area contributed by atoms with E-state index in [9.17, 15) is 9.50 Å². The van der Waals surface area contributed by atoms with Gasteiger partial charge < -0.3 is 9.84 Å². The first kappa shape index (κ1) is 13.8. The van der Waals surface area contributed by atoms with Crippen molar-refractivity contribution in [3.63, 3.8) is 0 Å². The lowest BCUT2D eigenvalue weighted by Gasteiger charge is -2.16. The SMILES string of the molecule is COc1ccc(C)cc1C(O)c1ccc(F)c(Cl)c1. The molecule has 0 aliphatic carbocycles. The fourth-order valence-electron chi connectivity index (χ4n) is 1.93. The number of hydrogen-bond donors (Lipinski definition) is 1. The summed E-state index contributed by atoms with van der Waals surface area (Å²) in [6.07, 6.45) is -0.909. The minimum Gasteiger partial charge on any atom is -0.496 e. The molecule has 0 saturated heterocycles. The van der Waals surface area contributed by atoms with Crippen molar-refractivity contribution in [1.29, 1.82) is 0 Å². The van der Waals surface area contributed by atoms with E-state index in [2.05, 4.69) is 0 Å². The Bertz CT molecular complexity index is 599. The fourth-order valence-corrected chi connectivity index (χ4v) is 2.12. The lowest BCUT2D eigenvalue weighted by atomic mass is 9.99. The summed E-state index contributed by atoms with van der Waals surface area (Å²) in [5, 5.41) is 10.4. The Hall–Kier alpha value is -1.58. The van der Waals surface area contributed by atoms with Crippen LogP contribution in [0.15, 0.2) is 36.4 Å². The highest BCUT2D eigenvalue weighted by atomic mass is 35.5. The minimum atomic E-state index is -0.909. The zero-order valence-electron chi connectivity index (χ0n) is 10.7. The smallest absolute Gasteiger partial charge is 0.141 e. The molecule has 1 atom stereocenters. The molecule has 0 radical (unpaired) electrons. The van der Waals surface area contributed by atoms with E-state index in [1.165, 1.54) is 18.2 Å². The van der Waals surface area contributed by atoms with Crippen molar-refractivity contribution in [2.75, 3.05) is 7.11 Å². The number of aliphatic hydroxyl groups is 1. The van der Waals surface area contributed by atoms with Crippen LogP contribution in [0.3, 0.4) is 0 Å². The van der Waals surface area contributed by atoms with Crippen LogP contribution in [0.1, 0.15) is 22.8 Å². The van der Waals surface area contributed by atoms with E-state index < -0.39 is 11.9 Å². The molecule has 2 aromatic rings. The Morgan fingerprint density at radius 2 is 1.95 bits per heavy atom. The van der Waals surface area contributed by atoms with Crippen LogP contribution in [-0.2, 0) is 0 Å². The third-order valence-corrected chi connectivity index (χ3v) is 3.23. The molecule has 0 aliphatic heterocycles. The molecule has 0 heterocycles. The summed E-state index contributed by atoms with van der Waals surface area (Å²) in [6.45, 7) is 1.92. The highest BCUT2D eigenvalue weighted by Gasteiger charge is 2.16. The molecule has 100 valence electrons. The topological polar surface area (TPSA) is 29.5 Å². The quantitative estimate of drug-likeness (QED) is 0.924. The second kappa shape index (κ2) is 5.59. The van der Waals surface area contributed by atoms with E-state index in [1.807, 2.05) is 19.1 Å². The number of aryl methyl sites for hydroxylation is 1. The molecule has 2 rings (SSSR count). The van der Waals surface area contributed by atoms with Crippen molar-refractivity contribution in [3.05, 3.63) is 63.9 Å². The first-order valence-corrected chi connectivity index (χ1v) is 6.18. The molecule has 0 fully saturated rings. The highest BCUT2D eigenvalue weighted by Crippen LogP contribution is 2.32. The molecule has 0 saturated carbocycles. The molecule has 2 aromatic carbocycles. The van der Waals surface area contributed by atoms with Gasteiger partial charge in [-0.2, -0.15) is 0 Å². The summed E-state index contributed by atoms with van der Waals surface area (Å²) in [5.41, 5.74) is 2.16. The van der Waals surface area contributed by atoms with Crippen molar-refractivity contribution < 1.29 is 14.2 Å². The maximum atomic E-state index is 13.1. The van der Waals surface area contributed by atoms with Crippen molar-refractivity contribution in [1.82, 2.24) is 0 Å². The van der Waals surface area contributed by atoms with E-state index in [0.717, 1.165) is 5.56 Å². The Balaban J connectivity index is 2.45. The van der Waals surface area contributed by atoms with Crippen molar-refractivity contribution >= 4 is 11.6 Å². The predicted octanol–water partition coefficient (Wildman–Crippen LogP) is 3.88. The van der Waals surface area contributed by atoms with Gasteiger partial charge >= 0.3 is 0 Å². The first-order valence-electron chi connectivity index (χ1n) is 5.80. The summed E-state index contributed by atoms with van der Waals surface area (Å²) in [7, 11) is 1.54. The third kappa shape index (κ3) is 2.88. The average Bonchev–Trinajstić information content (AvgIpc) is 2.41. The lowest BCUT2D eigenvalue weighted by molar-refractivity contribution is 0.214. The van der Waals surface area contributed by atoms with Crippen LogP contribution < -0.4 is 4.74 Å². The molecule has 2 nitrogen and oxygen atoms in total. The van der Waals surface area contributed by atoms with Crippen molar-refractivity contribution in [3.8, 4) is 5.75 Å². The van der Waals surface area contributed by atoms with Crippen LogP contribution >= 0.6 is 11.6 Å². The number of ether oxygens (including phenoxy) is 1. The van der Waals surface area contributed by atoms with Crippen LogP contribution in [-0.4, -0.2) is 12.2 Å². The number of benzene rings is 2. The highest BCUT2D eigenvalue weighted by molar-refractivity contribution is 6.30. The monoisotopic (exact) mass is 280 g/mol. The van der Waals surface area contributed by atoms with Crippen LogP contribution in [0, 0.1) is 12.7 Å². The first-order chi connectivity index (χ1) is 9.02. The van der Waals surface area contributed by atoms with Gasteiger partial charge in [-0.1, -0.05) is 29.3 Å². The van der Waals surface area contributed by atoms with Gasteiger partial charge in [0.2, 0.25) is 0 Å². The van der Waals surface area contributed by atoms with Gasteiger partial charge in [-0.3, -0.25) is 0 Å². The molecular weight excluding hydrogens is 267 g/mol. The lowest BCUT2D eigenvalue weighted by Crippen LogP contribution is -2.03. The number of hydrogen-bond acceptors (Lipinski definition) is 2. The van der Waals surface area contributed by atoms with Gasteiger partial charge in [0.25, 0.3) is 0 Å². The Labute approximate surface area is 116 Å². The molecule has 1 N–H and O–H groups in total. The normalized spacial score (nSPS) is 12.3. The third-order valence-electron chi connectivity index (χ3n) is 2.94. The van der Waals surface area contributed by atoms with Gasteiger partial charge in [-0.25, -0.2) is 4.39 Å². The van der Waals surface area contributed by atoms with Gasteiger partial charge in [0, 0.05) is 5.56 Å². The van der Waals surface area contributed by atoms with Gasteiger partial charge in [0.05, 0.1) is 12.1 Å². The second-order valence-electron chi connectivity index (χ2n) is 4.32.